The molecule has 0 saturated carbocycles. The molecule has 0 amide bonds. The average molecular weight is 304 g/mol. The molecule has 1 aromatic carbocycles. The molecule has 0 aliphatic carbocycles. The Kier molecular flexibility index (Phi) is 5.84. The Hall–Kier alpha value is -0.940. The third-order valence-electron chi connectivity index (χ3n) is 4.79. The smallest absolute Gasteiger partial charge is 0.159 e. The van der Waals surface area contributed by atoms with Crippen molar-refractivity contribution in [3.63, 3.8) is 0 Å². The van der Waals surface area contributed by atoms with Gasteiger partial charge < -0.3 is 14.4 Å². The van der Waals surface area contributed by atoms with E-state index < -0.39 is 0 Å². The van der Waals surface area contributed by atoms with Crippen LogP contribution in [-0.4, -0.2) is 61.5 Å². The van der Waals surface area contributed by atoms with Crippen molar-refractivity contribution < 1.29 is 9.47 Å². The molecule has 1 unspecified atom stereocenters. The SMILES string of the molecule is CC1CCN(CCC2OCCO2)CCN1Cc1ccccc1. The van der Waals surface area contributed by atoms with E-state index in [2.05, 4.69) is 47.1 Å². The summed E-state index contributed by atoms with van der Waals surface area (Å²) < 4.78 is 11.1. The van der Waals surface area contributed by atoms with Gasteiger partial charge in [-0.05, 0) is 25.5 Å². The van der Waals surface area contributed by atoms with E-state index in [4.69, 9.17) is 9.47 Å². The summed E-state index contributed by atoms with van der Waals surface area (Å²) in [7, 11) is 0. The molecule has 1 atom stereocenters. The highest BCUT2D eigenvalue weighted by atomic mass is 16.7. The molecule has 2 aliphatic heterocycles. The molecule has 4 heteroatoms. The van der Waals surface area contributed by atoms with E-state index in [9.17, 15) is 0 Å². The highest BCUT2D eigenvalue weighted by molar-refractivity contribution is 5.14. The number of hydrogen-bond donors (Lipinski definition) is 0. The lowest BCUT2D eigenvalue weighted by Crippen LogP contribution is -2.34. The summed E-state index contributed by atoms with van der Waals surface area (Å²) in [5.74, 6) is 0. The van der Waals surface area contributed by atoms with Gasteiger partial charge >= 0.3 is 0 Å². The average Bonchev–Trinajstić information content (AvgIpc) is 3.01. The molecule has 2 saturated heterocycles. The molecule has 0 aromatic heterocycles. The minimum atomic E-state index is 0.0288. The molecule has 1 aromatic rings. The van der Waals surface area contributed by atoms with E-state index in [-0.39, 0.29) is 6.29 Å². The van der Waals surface area contributed by atoms with Crippen molar-refractivity contribution >= 4 is 0 Å². The van der Waals surface area contributed by atoms with Gasteiger partial charge in [0.2, 0.25) is 0 Å². The van der Waals surface area contributed by atoms with Crippen molar-refractivity contribution in [1.29, 1.82) is 0 Å². The summed E-state index contributed by atoms with van der Waals surface area (Å²) >= 11 is 0. The van der Waals surface area contributed by atoms with Gasteiger partial charge in [-0.15, -0.1) is 0 Å². The maximum absolute atomic E-state index is 5.54. The number of nitrogens with zero attached hydrogens (tertiary/aromatic N) is 2. The molecule has 2 heterocycles. The predicted octanol–water partition coefficient (Wildman–Crippen LogP) is 2.35. The van der Waals surface area contributed by atoms with Crippen molar-refractivity contribution in [2.24, 2.45) is 0 Å². The van der Waals surface area contributed by atoms with Crippen LogP contribution in [0, 0.1) is 0 Å². The molecular formula is C18H28N2O2. The monoisotopic (exact) mass is 304 g/mol. The van der Waals surface area contributed by atoms with Gasteiger partial charge in [-0.3, -0.25) is 4.90 Å². The van der Waals surface area contributed by atoms with Gasteiger partial charge in [-0.25, -0.2) is 0 Å². The van der Waals surface area contributed by atoms with Crippen LogP contribution in [0.2, 0.25) is 0 Å². The van der Waals surface area contributed by atoms with Gasteiger partial charge in [0.15, 0.2) is 6.29 Å². The van der Waals surface area contributed by atoms with E-state index in [0.29, 0.717) is 6.04 Å². The highest BCUT2D eigenvalue weighted by Crippen LogP contribution is 2.16. The van der Waals surface area contributed by atoms with Crippen LogP contribution in [0.3, 0.4) is 0 Å². The zero-order valence-electron chi connectivity index (χ0n) is 13.6. The van der Waals surface area contributed by atoms with E-state index in [0.717, 1.165) is 45.8 Å². The molecule has 0 spiro atoms. The second-order valence-corrected chi connectivity index (χ2v) is 6.40. The number of ether oxygens (including phenoxy) is 2. The third kappa shape index (κ3) is 4.53. The van der Waals surface area contributed by atoms with Crippen LogP contribution in [0.4, 0.5) is 0 Å². The lowest BCUT2D eigenvalue weighted by atomic mass is 10.1. The predicted molar refractivity (Wildman–Crippen MR) is 87.7 cm³/mol. The Morgan fingerprint density at radius 1 is 1.05 bits per heavy atom. The summed E-state index contributed by atoms with van der Waals surface area (Å²) in [6.45, 7) is 9.47. The van der Waals surface area contributed by atoms with Crippen molar-refractivity contribution in [1.82, 2.24) is 9.80 Å². The Morgan fingerprint density at radius 3 is 2.59 bits per heavy atom. The Bertz CT molecular complexity index is 434. The molecule has 3 rings (SSSR count). The standard InChI is InChI=1S/C18H28N2O2/c1-16-7-9-19(10-8-18-21-13-14-22-18)11-12-20(16)15-17-5-3-2-4-6-17/h2-6,16,18H,7-15H2,1H3. The van der Waals surface area contributed by atoms with E-state index in [1.54, 1.807) is 0 Å². The molecule has 0 radical (unpaired) electrons. The summed E-state index contributed by atoms with van der Waals surface area (Å²) in [5.41, 5.74) is 1.41. The van der Waals surface area contributed by atoms with Crippen molar-refractivity contribution in [3.05, 3.63) is 35.9 Å². The molecule has 0 N–H and O–H groups in total. The lowest BCUT2D eigenvalue weighted by molar-refractivity contribution is -0.0513. The normalized spacial score (nSPS) is 25.4. The second kappa shape index (κ2) is 8.06. The van der Waals surface area contributed by atoms with Crippen LogP contribution in [0.1, 0.15) is 25.3 Å². The van der Waals surface area contributed by atoms with Gasteiger partial charge in [-0.1, -0.05) is 30.3 Å². The first kappa shape index (κ1) is 15.9. The van der Waals surface area contributed by atoms with Crippen LogP contribution in [0.15, 0.2) is 30.3 Å². The van der Waals surface area contributed by atoms with Crippen LogP contribution >= 0.6 is 0 Å². The van der Waals surface area contributed by atoms with E-state index >= 15 is 0 Å². The minimum absolute atomic E-state index is 0.0288. The summed E-state index contributed by atoms with van der Waals surface area (Å²) in [4.78, 5) is 5.17. The van der Waals surface area contributed by atoms with Crippen LogP contribution < -0.4 is 0 Å². The zero-order valence-corrected chi connectivity index (χ0v) is 13.6. The molecule has 4 nitrogen and oxygen atoms in total. The molecule has 22 heavy (non-hydrogen) atoms. The summed E-state index contributed by atoms with van der Waals surface area (Å²) in [6.07, 6.45) is 2.26. The van der Waals surface area contributed by atoms with Gasteiger partial charge in [0.25, 0.3) is 0 Å². The van der Waals surface area contributed by atoms with Gasteiger partial charge in [0.1, 0.15) is 0 Å². The number of hydrogen-bond acceptors (Lipinski definition) is 4. The zero-order chi connectivity index (χ0) is 15.2. The fourth-order valence-corrected chi connectivity index (χ4v) is 3.29. The first-order valence-corrected chi connectivity index (χ1v) is 8.55. The minimum Gasteiger partial charge on any atom is -0.350 e. The molecule has 122 valence electrons. The first-order valence-electron chi connectivity index (χ1n) is 8.55. The third-order valence-corrected chi connectivity index (χ3v) is 4.79. The molecule has 2 fully saturated rings. The van der Waals surface area contributed by atoms with E-state index in [1.807, 2.05) is 0 Å². The van der Waals surface area contributed by atoms with Crippen molar-refractivity contribution in [3.8, 4) is 0 Å². The quantitative estimate of drug-likeness (QED) is 0.834. The molecule has 0 bridgehead atoms. The number of rotatable bonds is 5. The molecular weight excluding hydrogens is 276 g/mol. The highest BCUT2D eigenvalue weighted by Gasteiger charge is 2.22. The Morgan fingerprint density at radius 2 is 1.82 bits per heavy atom. The lowest BCUT2D eigenvalue weighted by Gasteiger charge is -2.26. The first-order chi connectivity index (χ1) is 10.8. The van der Waals surface area contributed by atoms with E-state index in [1.165, 1.54) is 18.5 Å². The Balaban J connectivity index is 1.47. The number of benzene rings is 1. The van der Waals surface area contributed by atoms with Gasteiger partial charge in [0, 0.05) is 38.6 Å². The van der Waals surface area contributed by atoms with Gasteiger partial charge in [-0.2, -0.15) is 0 Å². The van der Waals surface area contributed by atoms with Crippen LogP contribution in [-0.2, 0) is 16.0 Å². The second-order valence-electron chi connectivity index (χ2n) is 6.40. The maximum Gasteiger partial charge on any atom is 0.159 e. The Labute approximate surface area is 134 Å². The van der Waals surface area contributed by atoms with Crippen molar-refractivity contribution in [2.75, 3.05) is 39.4 Å². The maximum atomic E-state index is 5.54. The topological polar surface area (TPSA) is 24.9 Å². The van der Waals surface area contributed by atoms with Crippen LogP contribution in [0.25, 0.3) is 0 Å². The largest absolute Gasteiger partial charge is 0.350 e. The fourth-order valence-electron chi connectivity index (χ4n) is 3.29. The van der Waals surface area contributed by atoms with Gasteiger partial charge in [0.05, 0.1) is 13.2 Å². The van der Waals surface area contributed by atoms with Crippen LogP contribution in [0.5, 0.6) is 0 Å². The van der Waals surface area contributed by atoms with Crippen molar-refractivity contribution in [2.45, 2.75) is 38.6 Å². The fraction of sp³-hybridized carbons (Fsp3) is 0.667. The summed E-state index contributed by atoms with van der Waals surface area (Å²) in [6, 6.07) is 11.4. The molecule has 2 aliphatic rings. The summed E-state index contributed by atoms with van der Waals surface area (Å²) in [5, 5.41) is 0.